The molecule has 1 N–H and O–H groups in total. The summed E-state index contributed by atoms with van der Waals surface area (Å²) in [7, 11) is 0. The van der Waals surface area contributed by atoms with Crippen LogP contribution in [-0.2, 0) is 14.3 Å². The third-order valence-corrected chi connectivity index (χ3v) is 8.49. The maximum absolute atomic E-state index is 13.3. The van der Waals surface area contributed by atoms with E-state index in [4.69, 9.17) is 4.74 Å². The molecule has 1 saturated heterocycles. The number of carbonyl (C=O) groups is 2. The van der Waals surface area contributed by atoms with Crippen LogP contribution in [0.3, 0.4) is 0 Å². The molecule has 218 valence electrons. The van der Waals surface area contributed by atoms with Crippen LogP contribution in [0.25, 0.3) is 0 Å². The van der Waals surface area contributed by atoms with E-state index in [1.165, 1.54) is 12.0 Å². The molecule has 0 aromatic carbocycles. The van der Waals surface area contributed by atoms with Gasteiger partial charge >= 0.3 is 5.97 Å². The SMILES string of the molecule is C=CC1CC(=CC2=CC(=CC3=CC(=CC)CC(C(=O)OC(C)(C)C)C3)CC(O)C2)CC(C(=O)N2CCCCC2)C1. The fourth-order valence-corrected chi connectivity index (χ4v) is 6.65. The van der Waals surface area contributed by atoms with Crippen LogP contribution in [0.15, 0.2) is 70.9 Å². The molecule has 40 heavy (non-hydrogen) atoms. The molecule has 4 rings (SSSR count). The second kappa shape index (κ2) is 13.3. The molecule has 4 atom stereocenters. The van der Waals surface area contributed by atoms with E-state index in [2.05, 4.69) is 41.9 Å². The monoisotopic (exact) mass is 547 g/mol. The number of carbonyl (C=O) groups excluding carboxylic acids is 2. The Morgan fingerprint density at radius 3 is 2.30 bits per heavy atom. The minimum atomic E-state index is -0.507. The number of likely N-dealkylation sites (tertiary alicyclic amines) is 1. The van der Waals surface area contributed by atoms with Gasteiger partial charge < -0.3 is 14.7 Å². The average molecular weight is 548 g/mol. The van der Waals surface area contributed by atoms with Gasteiger partial charge in [-0.2, -0.15) is 0 Å². The minimum Gasteiger partial charge on any atom is -0.460 e. The van der Waals surface area contributed by atoms with E-state index in [1.54, 1.807) is 0 Å². The summed E-state index contributed by atoms with van der Waals surface area (Å²) in [5.41, 5.74) is 5.20. The number of allylic oxidation sites excluding steroid dienone is 9. The highest BCUT2D eigenvalue weighted by atomic mass is 16.6. The number of amides is 1. The van der Waals surface area contributed by atoms with Gasteiger partial charge in [0.15, 0.2) is 0 Å². The van der Waals surface area contributed by atoms with Gasteiger partial charge in [-0.1, -0.05) is 47.6 Å². The Balaban J connectivity index is 1.53. The van der Waals surface area contributed by atoms with Gasteiger partial charge in [-0.3, -0.25) is 9.59 Å². The van der Waals surface area contributed by atoms with E-state index in [-0.39, 0.29) is 17.8 Å². The Labute approximate surface area is 241 Å². The lowest BCUT2D eigenvalue weighted by molar-refractivity contribution is -0.160. The first-order chi connectivity index (χ1) is 19.0. The molecular formula is C35H49NO4. The van der Waals surface area contributed by atoms with Gasteiger partial charge in [0.25, 0.3) is 0 Å². The van der Waals surface area contributed by atoms with Crippen molar-refractivity contribution in [1.29, 1.82) is 0 Å². The van der Waals surface area contributed by atoms with Crippen molar-refractivity contribution in [3.05, 3.63) is 70.9 Å². The summed E-state index contributed by atoms with van der Waals surface area (Å²) in [6.45, 7) is 13.5. The largest absolute Gasteiger partial charge is 0.460 e. The van der Waals surface area contributed by atoms with Crippen molar-refractivity contribution in [1.82, 2.24) is 4.90 Å². The highest BCUT2D eigenvalue weighted by Crippen LogP contribution is 2.38. The number of hydrogen-bond acceptors (Lipinski definition) is 4. The van der Waals surface area contributed by atoms with E-state index in [0.717, 1.165) is 67.5 Å². The van der Waals surface area contributed by atoms with E-state index in [0.29, 0.717) is 37.5 Å². The Hall–Kier alpha value is -2.66. The molecule has 4 unspecified atom stereocenters. The molecule has 4 aliphatic rings. The van der Waals surface area contributed by atoms with Gasteiger partial charge in [0, 0.05) is 19.0 Å². The first-order valence-electron chi connectivity index (χ1n) is 15.3. The molecule has 0 spiro atoms. The van der Waals surface area contributed by atoms with Crippen LogP contribution in [-0.4, -0.2) is 46.7 Å². The molecule has 1 heterocycles. The van der Waals surface area contributed by atoms with E-state index in [9.17, 15) is 14.7 Å². The van der Waals surface area contributed by atoms with Crippen molar-refractivity contribution in [2.24, 2.45) is 17.8 Å². The summed E-state index contributed by atoms with van der Waals surface area (Å²) in [6.07, 6.45) is 21.0. The number of ether oxygens (including phenoxy) is 1. The number of piperidine rings is 1. The maximum Gasteiger partial charge on any atom is 0.310 e. The molecule has 0 aromatic rings. The van der Waals surface area contributed by atoms with Crippen LogP contribution in [0.4, 0.5) is 0 Å². The van der Waals surface area contributed by atoms with Crippen LogP contribution in [0.5, 0.6) is 0 Å². The molecule has 0 bridgehead atoms. The fraction of sp³-hybridized carbons (Fsp3) is 0.600. The topological polar surface area (TPSA) is 66.8 Å². The standard InChI is InChI=1S/C35H49NO4/c1-6-24-13-26(20-30(18-24)33(38)36-11-9-8-10-12-36)15-28-17-29(23-32(37)22-28)16-27-14-25(7-2)19-31(21-27)34(39)40-35(3,4)5/h6-7,14-17,24,30-32,37H,1,8-13,18-23H2,2-5H3. The van der Waals surface area contributed by atoms with Crippen molar-refractivity contribution >= 4 is 11.9 Å². The van der Waals surface area contributed by atoms with Crippen LogP contribution in [0.1, 0.15) is 91.9 Å². The van der Waals surface area contributed by atoms with Gasteiger partial charge in [0.1, 0.15) is 5.60 Å². The lowest BCUT2D eigenvalue weighted by Gasteiger charge is -2.35. The van der Waals surface area contributed by atoms with Gasteiger partial charge in [-0.25, -0.2) is 0 Å². The summed E-state index contributed by atoms with van der Waals surface area (Å²) in [5, 5.41) is 10.8. The number of aliphatic hydroxyl groups excluding tert-OH is 1. The molecule has 5 heteroatoms. The molecular weight excluding hydrogens is 498 g/mol. The summed E-state index contributed by atoms with van der Waals surface area (Å²) in [4.78, 5) is 28.3. The lowest BCUT2D eigenvalue weighted by atomic mass is 9.76. The van der Waals surface area contributed by atoms with Gasteiger partial charge in [-0.05, 0) is 115 Å². The van der Waals surface area contributed by atoms with Crippen LogP contribution in [0.2, 0.25) is 0 Å². The normalized spacial score (nSPS) is 31.1. The maximum atomic E-state index is 13.3. The molecule has 0 radical (unpaired) electrons. The summed E-state index contributed by atoms with van der Waals surface area (Å²) < 4.78 is 5.70. The molecule has 2 fully saturated rings. The van der Waals surface area contributed by atoms with Crippen LogP contribution < -0.4 is 0 Å². The molecule has 0 aromatic heterocycles. The third kappa shape index (κ3) is 8.42. The molecule has 5 nitrogen and oxygen atoms in total. The van der Waals surface area contributed by atoms with E-state index < -0.39 is 11.7 Å². The summed E-state index contributed by atoms with van der Waals surface area (Å²) in [5.74, 6) is 0.275. The number of hydrogen-bond donors (Lipinski definition) is 1. The van der Waals surface area contributed by atoms with Crippen molar-refractivity contribution in [2.75, 3.05) is 13.1 Å². The quantitative estimate of drug-likeness (QED) is 0.293. The first-order valence-corrected chi connectivity index (χ1v) is 15.3. The fourth-order valence-electron chi connectivity index (χ4n) is 6.65. The van der Waals surface area contributed by atoms with Gasteiger partial charge in [0.2, 0.25) is 5.91 Å². The Morgan fingerprint density at radius 1 is 0.925 bits per heavy atom. The molecule has 1 amide bonds. The van der Waals surface area contributed by atoms with Crippen molar-refractivity contribution in [3.8, 4) is 0 Å². The molecule has 1 aliphatic heterocycles. The average Bonchev–Trinajstić information content (AvgIpc) is 2.91. The number of rotatable bonds is 5. The van der Waals surface area contributed by atoms with Crippen molar-refractivity contribution in [2.45, 2.75) is 104 Å². The zero-order chi connectivity index (χ0) is 28.9. The predicted octanol–water partition coefficient (Wildman–Crippen LogP) is 7.16. The highest BCUT2D eigenvalue weighted by molar-refractivity contribution is 5.79. The number of aliphatic hydroxyl groups is 1. The summed E-state index contributed by atoms with van der Waals surface area (Å²) in [6, 6.07) is 0. The second-order valence-electron chi connectivity index (χ2n) is 13.2. The predicted molar refractivity (Wildman–Crippen MR) is 161 cm³/mol. The zero-order valence-electron chi connectivity index (χ0n) is 25.1. The highest BCUT2D eigenvalue weighted by Gasteiger charge is 2.33. The van der Waals surface area contributed by atoms with Crippen LogP contribution >= 0.6 is 0 Å². The van der Waals surface area contributed by atoms with E-state index >= 15 is 0 Å². The van der Waals surface area contributed by atoms with Crippen molar-refractivity contribution in [3.63, 3.8) is 0 Å². The molecule has 3 aliphatic carbocycles. The van der Waals surface area contributed by atoms with Gasteiger partial charge in [0.05, 0.1) is 12.0 Å². The Bertz CT molecular complexity index is 1120. The van der Waals surface area contributed by atoms with Gasteiger partial charge in [-0.15, -0.1) is 6.58 Å². The zero-order valence-corrected chi connectivity index (χ0v) is 25.1. The minimum absolute atomic E-state index is 0.0154. The van der Waals surface area contributed by atoms with E-state index in [1.807, 2.05) is 33.8 Å². The number of esters is 1. The smallest absolute Gasteiger partial charge is 0.310 e. The lowest BCUT2D eigenvalue weighted by Crippen LogP contribution is -2.41. The second-order valence-corrected chi connectivity index (χ2v) is 13.2. The van der Waals surface area contributed by atoms with Crippen molar-refractivity contribution < 1.29 is 19.4 Å². The first kappa shape index (κ1) is 30.3. The molecule has 1 saturated carbocycles. The summed E-state index contributed by atoms with van der Waals surface area (Å²) >= 11 is 0. The number of nitrogens with zero attached hydrogens (tertiary/aromatic N) is 1. The Morgan fingerprint density at radius 2 is 1.62 bits per heavy atom. The van der Waals surface area contributed by atoms with Crippen LogP contribution in [0, 0.1) is 17.8 Å². The Kier molecular flexibility index (Phi) is 10.1. The third-order valence-electron chi connectivity index (χ3n) is 8.49.